The molecule has 0 aliphatic carbocycles. The topological polar surface area (TPSA) is 26.8 Å². The predicted molar refractivity (Wildman–Crippen MR) is 113 cm³/mol. The zero-order valence-electron chi connectivity index (χ0n) is 15.7. The first-order chi connectivity index (χ1) is 13.1. The third kappa shape index (κ3) is 4.15. The standard InChI is InChI=1S/C21H26ClN3OS/c1-16-7-13-27-20(16)21(26)25-8-3-6-19(15-25)24-11-9-23(10-12-24)18-5-2-4-17(22)14-18/h2,4-5,7,13-14,19H,3,6,8-12,15H2,1H3/t19-/m0/s1. The van der Waals surface area contributed by atoms with Crippen molar-refractivity contribution in [2.24, 2.45) is 0 Å². The highest BCUT2D eigenvalue weighted by atomic mass is 35.5. The highest BCUT2D eigenvalue weighted by Crippen LogP contribution is 2.25. The van der Waals surface area contributed by atoms with Gasteiger partial charge in [-0.2, -0.15) is 0 Å². The maximum atomic E-state index is 12.9. The Bertz CT molecular complexity index is 800. The van der Waals surface area contributed by atoms with Crippen LogP contribution in [0.2, 0.25) is 5.02 Å². The van der Waals surface area contributed by atoms with Crippen LogP contribution in [-0.2, 0) is 0 Å². The molecule has 2 aromatic rings. The summed E-state index contributed by atoms with van der Waals surface area (Å²) in [4.78, 5) is 20.8. The molecule has 1 aromatic heterocycles. The van der Waals surface area contributed by atoms with Crippen molar-refractivity contribution < 1.29 is 4.79 Å². The maximum absolute atomic E-state index is 12.9. The minimum atomic E-state index is 0.213. The van der Waals surface area contributed by atoms with Gasteiger partial charge in [-0.3, -0.25) is 9.69 Å². The van der Waals surface area contributed by atoms with Crippen molar-refractivity contribution in [1.29, 1.82) is 0 Å². The highest BCUT2D eigenvalue weighted by Gasteiger charge is 2.31. The van der Waals surface area contributed by atoms with Crippen LogP contribution >= 0.6 is 22.9 Å². The summed E-state index contributed by atoms with van der Waals surface area (Å²) in [6.45, 7) is 7.86. The molecule has 0 saturated carbocycles. The van der Waals surface area contributed by atoms with Crippen molar-refractivity contribution in [1.82, 2.24) is 9.80 Å². The molecule has 2 saturated heterocycles. The molecule has 3 heterocycles. The van der Waals surface area contributed by atoms with E-state index in [1.807, 2.05) is 36.6 Å². The Hall–Kier alpha value is -1.56. The Morgan fingerprint density at radius 3 is 2.67 bits per heavy atom. The summed E-state index contributed by atoms with van der Waals surface area (Å²) in [5.41, 5.74) is 2.30. The minimum Gasteiger partial charge on any atom is -0.369 e. The van der Waals surface area contributed by atoms with Crippen LogP contribution in [0.25, 0.3) is 0 Å². The Morgan fingerprint density at radius 2 is 1.96 bits per heavy atom. The van der Waals surface area contributed by atoms with Crippen LogP contribution in [0.1, 0.15) is 28.1 Å². The van der Waals surface area contributed by atoms with E-state index in [2.05, 4.69) is 20.8 Å². The van der Waals surface area contributed by atoms with Gasteiger partial charge in [0.05, 0.1) is 4.88 Å². The summed E-state index contributed by atoms with van der Waals surface area (Å²) in [6, 6.07) is 10.6. The Balaban J connectivity index is 1.36. The fourth-order valence-electron chi connectivity index (χ4n) is 4.19. The van der Waals surface area contributed by atoms with Crippen molar-refractivity contribution in [3.63, 3.8) is 0 Å². The molecule has 4 nitrogen and oxygen atoms in total. The largest absolute Gasteiger partial charge is 0.369 e. The van der Waals surface area contributed by atoms with Crippen LogP contribution in [-0.4, -0.2) is 61.0 Å². The highest BCUT2D eigenvalue weighted by molar-refractivity contribution is 7.12. The number of carbonyl (C=O) groups is 1. The number of hydrogen-bond donors (Lipinski definition) is 0. The van der Waals surface area contributed by atoms with Gasteiger partial charge >= 0.3 is 0 Å². The summed E-state index contributed by atoms with van der Waals surface area (Å²) in [7, 11) is 0. The molecule has 144 valence electrons. The number of likely N-dealkylation sites (tertiary alicyclic amines) is 1. The lowest BCUT2D eigenvalue weighted by molar-refractivity contribution is 0.0567. The number of anilines is 1. The van der Waals surface area contributed by atoms with E-state index in [4.69, 9.17) is 11.6 Å². The second-order valence-corrected chi connectivity index (χ2v) is 8.84. The van der Waals surface area contributed by atoms with Crippen molar-refractivity contribution in [3.05, 3.63) is 51.2 Å². The van der Waals surface area contributed by atoms with Gasteiger partial charge in [0, 0.05) is 56.0 Å². The predicted octanol–water partition coefficient (Wildman–Crippen LogP) is 4.14. The number of nitrogens with zero attached hydrogens (tertiary/aromatic N) is 3. The van der Waals surface area contributed by atoms with Crippen LogP contribution in [0, 0.1) is 6.92 Å². The van der Waals surface area contributed by atoms with E-state index in [9.17, 15) is 4.79 Å². The first-order valence-corrected chi connectivity index (χ1v) is 11.0. The van der Waals surface area contributed by atoms with Gasteiger partial charge in [-0.15, -0.1) is 11.3 Å². The smallest absolute Gasteiger partial charge is 0.264 e. The monoisotopic (exact) mass is 403 g/mol. The number of hydrogen-bond acceptors (Lipinski definition) is 4. The van der Waals surface area contributed by atoms with Gasteiger partial charge in [0.2, 0.25) is 0 Å². The molecule has 4 rings (SSSR count). The molecule has 0 bridgehead atoms. The molecule has 27 heavy (non-hydrogen) atoms. The molecular weight excluding hydrogens is 378 g/mol. The molecule has 2 aliphatic heterocycles. The van der Waals surface area contributed by atoms with Gasteiger partial charge in [0.15, 0.2) is 0 Å². The molecule has 1 atom stereocenters. The van der Waals surface area contributed by atoms with Crippen molar-refractivity contribution in [2.45, 2.75) is 25.8 Å². The lowest BCUT2D eigenvalue weighted by atomic mass is 10.0. The van der Waals surface area contributed by atoms with Gasteiger partial charge in [-0.05, 0) is 55.0 Å². The van der Waals surface area contributed by atoms with Crippen molar-refractivity contribution in [2.75, 3.05) is 44.2 Å². The fourth-order valence-corrected chi connectivity index (χ4v) is 5.27. The number of benzene rings is 1. The van der Waals surface area contributed by atoms with Crippen molar-refractivity contribution >= 4 is 34.5 Å². The molecule has 0 unspecified atom stereocenters. The van der Waals surface area contributed by atoms with Crippen LogP contribution in [0.15, 0.2) is 35.7 Å². The number of thiophene rings is 1. The Kier molecular flexibility index (Phi) is 5.71. The number of carbonyl (C=O) groups excluding carboxylic acids is 1. The summed E-state index contributed by atoms with van der Waals surface area (Å²) >= 11 is 7.70. The molecule has 6 heteroatoms. The second kappa shape index (κ2) is 8.21. The van der Waals surface area contributed by atoms with Gasteiger partial charge < -0.3 is 9.80 Å². The van der Waals surface area contributed by atoms with Crippen LogP contribution < -0.4 is 4.90 Å². The third-order valence-corrected chi connectivity index (χ3v) is 6.98. The molecule has 2 aliphatic rings. The molecule has 0 N–H and O–H groups in total. The van der Waals surface area contributed by atoms with E-state index in [1.165, 1.54) is 12.1 Å². The van der Waals surface area contributed by atoms with E-state index in [-0.39, 0.29) is 5.91 Å². The zero-order chi connectivity index (χ0) is 18.8. The second-order valence-electron chi connectivity index (χ2n) is 7.48. The number of piperidine rings is 1. The summed E-state index contributed by atoms with van der Waals surface area (Å²) in [5, 5.41) is 2.80. The lowest BCUT2D eigenvalue weighted by Crippen LogP contribution is -2.55. The average molecular weight is 404 g/mol. The van der Waals surface area contributed by atoms with Gasteiger partial charge in [0.25, 0.3) is 5.91 Å². The van der Waals surface area contributed by atoms with E-state index in [0.29, 0.717) is 6.04 Å². The number of aryl methyl sites for hydroxylation is 1. The number of piperazine rings is 1. The number of halogens is 1. The fraction of sp³-hybridized carbons (Fsp3) is 0.476. The molecular formula is C21H26ClN3OS. The van der Waals surface area contributed by atoms with E-state index >= 15 is 0 Å². The number of amides is 1. The van der Waals surface area contributed by atoms with Gasteiger partial charge in [-0.1, -0.05) is 17.7 Å². The summed E-state index contributed by atoms with van der Waals surface area (Å²) < 4.78 is 0. The van der Waals surface area contributed by atoms with Crippen LogP contribution in [0.3, 0.4) is 0 Å². The molecule has 1 aromatic carbocycles. The van der Waals surface area contributed by atoms with Gasteiger partial charge in [0.1, 0.15) is 0 Å². The third-order valence-electron chi connectivity index (χ3n) is 5.74. The summed E-state index contributed by atoms with van der Waals surface area (Å²) in [6.07, 6.45) is 2.28. The Labute approximate surface area is 170 Å². The quantitative estimate of drug-likeness (QED) is 0.770. The average Bonchev–Trinajstić information content (AvgIpc) is 3.13. The molecule has 0 radical (unpaired) electrons. The first kappa shape index (κ1) is 18.8. The summed E-state index contributed by atoms with van der Waals surface area (Å²) in [5.74, 6) is 0.213. The van der Waals surface area contributed by atoms with Crippen LogP contribution in [0.5, 0.6) is 0 Å². The zero-order valence-corrected chi connectivity index (χ0v) is 17.3. The van der Waals surface area contributed by atoms with E-state index in [0.717, 1.165) is 61.2 Å². The van der Waals surface area contributed by atoms with Crippen LogP contribution in [0.4, 0.5) is 5.69 Å². The SMILES string of the molecule is Cc1ccsc1C(=O)N1CCC[C@H](N2CCN(c3cccc(Cl)c3)CC2)C1. The van der Waals surface area contributed by atoms with Gasteiger partial charge in [-0.25, -0.2) is 0 Å². The molecule has 1 amide bonds. The molecule has 0 spiro atoms. The minimum absolute atomic E-state index is 0.213. The normalized spacial score (nSPS) is 21.5. The van der Waals surface area contributed by atoms with Crippen molar-refractivity contribution in [3.8, 4) is 0 Å². The van der Waals surface area contributed by atoms with E-state index in [1.54, 1.807) is 11.3 Å². The number of rotatable bonds is 3. The maximum Gasteiger partial charge on any atom is 0.264 e. The lowest BCUT2D eigenvalue weighted by Gasteiger charge is -2.44. The van der Waals surface area contributed by atoms with E-state index < -0.39 is 0 Å². The Morgan fingerprint density at radius 1 is 1.15 bits per heavy atom. The first-order valence-electron chi connectivity index (χ1n) is 9.70. The molecule has 2 fully saturated rings.